The van der Waals surface area contributed by atoms with Gasteiger partial charge in [-0.25, -0.2) is 4.79 Å². The second-order valence-electron chi connectivity index (χ2n) is 3.94. The molecule has 1 atom stereocenters. The van der Waals surface area contributed by atoms with Crippen LogP contribution in [0, 0.1) is 0 Å². The summed E-state index contributed by atoms with van der Waals surface area (Å²) in [5, 5.41) is 2.80. The zero-order valence-corrected chi connectivity index (χ0v) is 8.42. The molecule has 1 heterocycles. The third kappa shape index (κ3) is 3.22. The molecule has 0 aromatic carbocycles. The molecule has 13 heavy (non-hydrogen) atoms. The van der Waals surface area contributed by atoms with Gasteiger partial charge in [-0.05, 0) is 27.2 Å². The molecule has 1 amide bonds. The first kappa shape index (κ1) is 10.3. The lowest BCUT2D eigenvalue weighted by Crippen LogP contribution is -2.47. The molecule has 1 rings (SSSR count). The van der Waals surface area contributed by atoms with Crippen LogP contribution in [0.3, 0.4) is 0 Å². The lowest BCUT2D eigenvalue weighted by molar-refractivity contribution is 0.101. The van der Waals surface area contributed by atoms with Crippen LogP contribution >= 0.6 is 0 Å². The second kappa shape index (κ2) is 3.96. The van der Waals surface area contributed by atoms with E-state index in [2.05, 4.69) is 5.32 Å². The van der Waals surface area contributed by atoms with Gasteiger partial charge in [-0.1, -0.05) is 0 Å². The number of carbonyl (C=O) groups is 1. The molecule has 4 nitrogen and oxygen atoms in total. The summed E-state index contributed by atoms with van der Waals surface area (Å²) in [6, 6.07) is 0. The zero-order valence-electron chi connectivity index (χ0n) is 8.42. The fraction of sp³-hybridized carbons (Fsp3) is 0.889. The van der Waals surface area contributed by atoms with E-state index in [0.717, 1.165) is 6.42 Å². The van der Waals surface area contributed by atoms with Crippen LogP contribution in [0.15, 0.2) is 0 Å². The molecule has 1 aliphatic rings. The van der Waals surface area contributed by atoms with E-state index >= 15 is 0 Å². The van der Waals surface area contributed by atoms with Gasteiger partial charge in [0.25, 0.3) is 0 Å². The Kier molecular flexibility index (Phi) is 3.14. The molecule has 1 saturated heterocycles. The first-order valence-electron chi connectivity index (χ1n) is 4.58. The fourth-order valence-corrected chi connectivity index (χ4v) is 1.26. The van der Waals surface area contributed by atoms with Crippen LogP contribution in [0.5, 0.6) is 0 Å². The molecule has 0 spiro atoms. The molecule has 76 valence electrons. The van der Waals surface area contributed by atoms with E-state index in [0.29, 0.717) is 13.2 Å². The van der Waals surface area contributed by atoms with E-state index in [1.54, 1.807) is 0 Å². The van der Waals surface area contributed by atoms with Gasteiger partial charge in [0.1, 0.15) is 0 Å². The minimum Gasteiger partial charge on any atom is -0.447 e. The van der Waals surface area contributed by atoms with Crippen LogP contribution in [0.2, 0.25) is 0 Å². The number of hydrogen-bond donors (Lipinski definition) is 1. The first-order valence-corrected chi connectivity index (χ1v) is 4.58. The Morgan fingerprint density at radius 1 is 1.62 bits per heavy atom. The molecule has 0 aromatic rings. The van der Waals surface area contributed by atoms with Crippen molar-refractivity contribution >= 4 is 6.09 Å². The third-order valence-electron chi connectivity index (χ3n) is 1.97. The monoisotopic (exact) mass is 187 g/mol. The van der Waals surface area contributed by atoms with Gasteiger partial charge in [-0.3, -0.25) is 0 Å². The molecule has 0 aromatic heterocycles. The van der Waals surface area contributed by atoms with Crippen LogP contribution in [-0.4, -0.2) is 30.9 Å². The maximum absolute atomic E-state index is 11.2. The molecule has 4 heteroatoms. The molecule has 1 fully saturated rings. The number of carbonyl (C=O) groups excluding carboxylic acids is 1. The smallest absolute Gasteiger partial charge is 0.407 e. The van der Waals surface area contributed by atoms with E-state index in [-0.39, 0.29) is 17.7 Å². The topological polar surface area (TPSA) is 47.6 Å². The Labute approximate surface area is 78.6 Å². The second-order valence-corrected chi connectivity index (χ2v) is 3.94. The van der Waals surface area contributed by atoms with Crippen molar-refractivity contribution in [3.05, 3.63) is 0 Å². The third-order valence-corrected chi connectivity index (χ3v) is 1.97. The average molecular weight is 187 g/mol. The molecule has 1 unspecified atom stereocenters. The Balaban J connectivity index is 2.34. The van der Waals surface area contributed by atoms with Crippen molar-refractivity contribution < 1.29 is 14.3 Å². The summed E-state index contributed by atoms with van der Waals surface area (Å²) in [6.45, 7) is 6.89. The van der Waals surface area contributed by atoms with Gasteiger partial charge in [0.15, 0.2) is 0 Å². The number of amides is 1. The summed E-state index contributed by atoms with van der Waals surface area (Å²) in [6.07, 6.45) is 0.411. The van der Waals surface area contributed by atoms with Crippen molar-refractivity contribution in [3.63, 3.8) is 0 Å². The van der Waals surface area contributed by atoms with E-state index in [1.165, 1.54) is 0 Å². The molecule has 1 N–H and O–H groups in total. The number of ether oxygens (including phenoxy) is 2. The average Bonchev–Trinajstić information content (AvgIpc) is 2.33. The van der Waals surface area contributed by atoms with Crippen molar-refractivity contribution in [3.8, 4) is 0 Å². The van der Waals surface area contributed by atoms with E-state index < -0.39 is 0 Å². The van der Waals surface area contributed by atoms with Crippen molar-refractivity contribution in [2.75, 3.05) is 13.2 Å². The van der Waals surface area contributed by atoms with Gasteiger partial charge in [-0.2, -0.15) is 0 Å². The van der Waals surface area contributed by atoms with Crippen LogP contribution in [0.4, 0.5) is 4.79 Å². The zero-order chi connectivity index (χ0) is 9.90. The highest BCUT2D eigenvalue weighted by molar-refractivity contribution is 5.68. The van der Waals surface area contributed by atoms with Crippen LogP contribution in [-0.2, 0) is 9.47 Å². The van der Waals surface area contributed by atoms with Gasteiger partial charge in [0.05, 0.1) is 18.2 Å². The van der Waals surface area contributed by atoms with Crippen LogP contribution in [0.25, 0.3) is 0 Å². The molecule has 0 radical (unpaired) electrons. The lowest BCUT2D eigenvalue weighted by Gasteiger charge is -2.23. The van der Waals surface area contributed by atoms with Crippen LogP contribution < -0.4 is 5.32 Å². The maximum Gasteiger partial charge on any atom is 0.407 e. The summed E-state index contributed by atoms with van der Waals surface area (Å²) >= 11 is 0. The predicted molar refractivity (Wildman–Crippen MR) is 48.6 cm³/mol. The van der Waals surface area contributed by atoms with Crippen molar-refractivity contribution in [1.82, 2.24) is 5.32 Å². The van der Waals surface area contributed by atoms with Crippen molar-refractivity contribution in [1.29, 1.82) is 0 Å². The van der Waals surface area contributed by atoms with Gasteiger partial charge in [-0.15, -0.1) is 0 Å². The van der Waals surface area contributed by atoms with Crippen LogP contribution in [0.1, 0.15) is 27.2 Å². The highest BCUT2D eigenvalue weighted by atomic mass is 16.6. The quantitative estimate of drug-likeness (QED) is 0.708. The number of alkyl carbamates (subject to hydrolysis) is 1. The Morgan fingerprint density at radius 2 is 2.31 bits per heavy atom. The molecule has 1 aliphatic heterocycles. The fourth-order valence-electron chi connectivity index (χ4n) is 1.26. The SMILES string of the molecule is CC(C)OC(=O)NC1(C)CCOC1. The summed E-state index contributed by atoms with van der Waals surface area (Å²) in [7, 11) is 0. The number of rotatable bonds is 2. The lowest BCUT2D eigenvalue weighted by atomic mass is 10.0. The normalized spacial score (nSPS) is 27.7. The molecule has 0 aliphatic carbocycles. The largest absolute Gasteiger partial charge is 0.447 e. The summed E-state index contributed by atoms with van der Waals surface area (Å²) in [4.78, 5) is 11.2. The number of hydrogen-bond acceptors (Lipinski definition) is 3. The minimum absolute atomic E-state index is 0.0779. The van der Waals surface area contributed by atoms with Crippen molar-refractivity contribution in [2.24, 2.45) is 0 Å². The van der Waals surface area contributed by atoms with Gasteiger partial charge in [0.2, 0.25) is 0 Å². The summed E-state index contributed by atoms with van der Waals surface area (Å²) in [5.41, 5.74) is -0.244. The Bertz CT molecular complexity index is 185. The molecular weight excluding hydrogens is 170 g/mol. The van der Waals surface area contributed by atoms with E-state index in [9.17, 15) is 4.79 Å². The van der Waals surface area contributed by atoms with Gasteiger partial charge < -0.3 is 14.8 Å². The van der Waals surface area contributed by atoms with Gasteiger partial charge in [0, 0.05) is 6.61 Å². The van der Waals surface area contributed by atoms with E-state index in [4.69, 9.17) is 9.47 Å². The molecule has 0 bridgehead atoms. The number of nitrogens with one attached hydrogen (secondary N) is 1. The highest BCUT2D eigenvalue weighted by Crippen LogP contribution is 2.17. The van der Waals surface area contributed by atoms with Gasteiger partial charge >= 0.3 is 6.09 Å². The van der Waals surface area contributed by atoms with Crippen molar-refractivity contribution in [2.45, 2.75) is 38.8 Å². The molecular formula is C9H17NO3. The Hall–Kier alpha value is -0.770. The predicted octanol–water partition coefficient (Wildman–Crippen LogP) is 1.30. The first-order chi connectivity index (χ1) is 6.02. The standard InChI is InChI=1S/C9H17NO3/c1-7(2)13-8(11)10-9(3)4-5-12-6-9/h7H,4-6H2,1-3H3,(H,10,11). The minimum atomic E-state index is -0.358. The van der Waals surface area contributed by atoms with E-state index in [1.807, 2.05) is 20.8 Å². The highest BCUT2D eigenvalue weighted by Gasteiger charge is 2.31. The summed E-state index contributed by atoms with van der Waals surface area (Å²) < 4.78 is 10.2. The molecule has 0 saturated carbocycles. The summed E-state index contributed by atoms with van der Waals surface area (Å²) in [5.74, 6) is 0. The maximum atomic E-state index is 11.2. The Morgan fingerprint density at radius 3 is 2.77 bits per heavy atom.